The zero-order valence-corrected chi connectivity index (χ0v) is 5.17. The van der Waals surface area contributed by atoms with E-state index in [0.717, 1.165) is 5.75 Å². The Hall–Kier alpha value is 0.567. The molecule has 0 bridgehead atoms. The highest BCUT2D eigenvalue weighted by Crippen LogP contribution is 1.93. The van der Waals surface area contributed by atoms with Crippen molar-refractivity contribution in [2.45, 2.75) is 26.2 Å². The summed E-state index contributed by atoms with van der Waals surface area (Å²) in [5.41, 5.74) is 0. The molecule has 0 rings (SSSR count). The Labute approximate surface area is 56.1 Å². The van der Waals surface area contributed by atoms with Crippen molar-refractivity contribution in [3.63, 3.8) is 0 Å². The lowest BCUT2D eigenvalue weighted by Gasteiger charge is -1.85. The number of thiol groups is 1. The fourth-order valence-electron chi connectivity index (χ4n) is 0.362. The van der Waals surface area contributed by atoms with Crippen LogP contribution >= 0.6 is 12.6 Å². The minimum atomic E-state index is 0. The van der Waals surface area contributed by atoms with Crippen LogP contribution in [0.4, 0.5) is 0 Å². The van der Waals surface area contributed by atoms with E-state index in [0.29, 0.717) is 0 Å². The van der Waals surface area contributed by atoms with Gasteiger partial charge < -0.3 is 0 Å². The van der Waals surface area contributed by atoms with E-state index < -0.39 is 0 Å². The summed E-state index contributed by atoms with van der Waals surface area (Å²) in [6.07, 6.45) is 3.92. The zero-order chi connectivity index (χ0) is 4.83. The SMILES string of the molecule is CCCCCS.[SiH4]. The normalized spacial score (nSPS) is 7.71. The van der Waals surface area contributed by atoms with Gasteiger partial charge in [-0.25, -0.2) is 0 Å². The van der Waals surface area contributed by atoms with Gasteiger partial charge in [0.05, 0.1) is 0 Å². The summed E-state index contributed by atoms with van der Waals surface area (Å²) in [5.74, 6) is 1.05. The fourth-order valence-corrected chi connectivity index (χ4v) is 0.585. The predicted molar refractivity (Wildman–Crippen MR) is 44.7 cm³/mol. The van der Waals surface area contributed by atoms with Gasteiger partial charge in [0, 0.05) is 0 Å². The van der Waals surface area contributed by atoms with Gasteiger partial charge >= 0.3 is 0 Å². The smallest absolute Gasteiger partial charge is 0.00979 e. The third-order valence-electron chi connectivity index (χ3n) is 0.762. The monoisotopic (exact) mass is 136 g/mol. The average Bonchev–Trinajstić information content (AvgIpc) is 1.61. The van der Waals surface area contributed by atoms with E-state index in [4.69, 9.17) is 0 Å². The van der Waals surface area contributed by atoms with Crippen molar-refractivity contribution in [3.8, 4) is 0 Å². The van der Waals surface area contributed by atoms with Crippen molar-refractivity contribution in [1.29, 1.82) is 0 Å². The maximum absolute atomic E-state index is 4.05. The molecule has 0 aromatic carbocycles. The van der Waals surface area contributed by atoms with E-state index in [1.165, 1.54) is 19.3 Å². The lowest BCUT2D eigenvalue weighted by Crippen LogP contribution is -1.70. The van der Waals surface area contributed by atoms with Crippen LogP contribution in [-0.2, 0) is 0 Å². The first-order valence-electron chi connectivity index (χ1n) is 2.52. The van der Waals surface area contributed by atoms with E-state index in [2.05, 4.69) is 19.6 Å². The molecular formula is C5H16SSi. The molecule has 0 N–H and O–H groups in total. The summed E-state index contributed by atoms with van der Waals surface area (Å²) in [5, 5.41) is 0. The third kappa shape index (κ3) is 10.8. The molecular weight excluding hydrogens is 120 g/mol. The Kier molecular flexibility index (Phi) is 14.7. The van der Waals surface area contributed by atoms with E-state index in [-0.39, 0.29) is 11.0 Å². The zero-order valence-electron chi connectivity index (χ0n) is 4.28. The molecule has 0 saturated carbocycles. The van der Waals surface area contributed by atoms with Crippen LogP contribution in [0.2, 0.25) is 0 Å². The molecule has 0 nitrogen and oxygen atoms in total. The van der Waals surface area contributed by atoms with Gasteiger partial charge in [0.2, 0.25) is 0 Å². The Morgan fingerprint density at radius 3 is 2.00 bits per heavy atom. The molecule has 0 saturated heterocycles. The molecule has 0 aliphatic carbocycles. The molecule has 7 heavy (non-hydrogen) atoms. The number of hydrogen-bond donors (Lipinski definition) is 1. The molecule has 46 valence electrons. The van der Waals surface area contributed by atoms with Crippen molar-refractivity contribution in [2.75, 3.05) is 5.75 Å². The van der Waals surface area contributed by atoms with Crippen LogP contribution in [0.5, 0.6) is 0 Å². The quantitative estimate of drug-likeness (QED) is 0.329. The summed E-state index contributed by atoms with van der Waals surface area (Å²) in [6.45, 7) is 2.20. The maximum Gasteiger partial charge on any atom is -0.00979 e. The van der Waals surface area contributed by atoms with Crippen LogP contribution in [0, 0.1) is 0 Å². The first kappa shape index (κ1) is 10.5. The molecule has 0 amide bonds. The van der Waals surface area contributed by atoms with Gasteiger partial charge in [0.15, 0.2) is 0 Å². The lowest BCUT2D eigenvalue weighted by molar-refractivity contribution is 0.780. The van der Waals surface area contributed by atoms with Gasteiger partial charge in [0.1, 0.15) is 0 Å². The largest absolute Gasteiger partial charge is 0.179 e. The van der Waals surface area contributed by atoms with Crippen LogP contribution in [-0.4, -0.2) is 16.7 Å². The highest BCUT2D eigenvalue weighted by Gasteiger charge is 1.75. The molecule has 0 unspecified atom stereocenters. The van der Waals surface area contributed by atoms with E-state index in [9.17, 15) is 0 Å². The molecule has 0 atom stereocenters. The molecule has 0 aliphatic heterocycles. The van der Waals surface area contributed by atoms with Crippen LogP contribution in [0.25, 0.3) is 0 Å². The van der Waals surface area contributed by atoms with Crippen molar-refractivity contribution < 1.29 is 0 Å². The summed E-state index contributed by atoms with van der Waals surface area (Å²) < 4.78 is 0. The predicted octanol–water partition coefficient (Wildman–Crippen LogP) is 0.655. The lowest BCUT2D eigenvalue weighted by atomic mass is 10.3. The van der Waals surface area contributed by atoms with Gasteiger partial charge in [-0.15, -0.1) is 0 Å². The molecule has 0 heterocycles. The highest BCUT2D eigenvalue weighted by atomic mass is 32.1. The summed E-state index contributed by atoms with van der Waals surface area (Å²) in [7, 11) is 0. The van der Waals surface area contributed by atoms with Crippen LogP contribution in [0.15, 0.2) is 0 Å². The van der Waals surface area contributed by atoms with Gasteiger partial charge in [-0.1, -0.05) is 19.8 Å². The minimum Gasteiger partial charge on any atom is -0.179 e. The fraction of sp³-hybridized carbons (Fsp3) is 1.00. The van der Waals surface area contributed by atoms with Crippen LogP contribution < -0.4 is 0 Å². The molecule has 2 heteroatoms. The molecule has 0 aromatic heterocycles. The average molecular weight is 136 g/mol. The van der Waals surface area contributed by atoms with E-state index in [1.54, 1.807) is 0 Å². The van der Waals surface area contributed by atoms with Gasteiger partial charge in [0.25, 0.3) is 0 Å². The van der Waals surface area contributed by atoms with Crippen LogP contribution in [0.1, 0.15) is 26.2 Å². The molecule has 0 spiro atoms. The number of hydrogen-bond acceptors (Lipinski definition) is 1. The Morgan fingerprint density at radius 2 is 1.86 bits per heavy atom. The van der Waals surface area contributed by atoms with Crippen LogP contribution in [0.3, 0.4) is 0 Å². The Bertz CT molecular complexity index is 20.0. The first-order valence-corrected chi connectivity index (χ1v) is 3.16. The van der Waals surface area contributed by atoms with E-state index in [1.807, 2.05) is 0 Å². The second-order valence-corrected chi connectivity index (χ2v) is 1.88. The van der Waals surface area contributed by atoms with Crippen molar-refractivity contribution in [1.82, 2.24) is 0 Å². The van der Waals surface area contributed by atoms with Crippen molar-refractivity contribution in [2.24, 2.45) is 0 Å². The first-order chi connectivity index (χ1) is 2.91. The summed E-state index contributed by atoms with van der Waals surface area (Å²) in [4.78, 5) is 0. The summed E-state index contributed by atoms with van der Waals surface area (Å²) >= 11 is 4.05. The standard InChI is InChI=1S/C5H12S.H4Si/c1-2-3-4-5-6;/h6H,2-5H2,1H3;1H4. The highest BCUT2D eigenvalue weighted by molar-refractivity contribution is 7.80. The van der Waals surface area contributed by atoms with Gasteiger partial charge in [-0.3, -0.25) is 0 Å². The van der Waals surface area contributed by atoms with Crippen molar-refractivity contribution >= 4 is 23.6 Å². The molecule has 0 aromatic rings. The molecule has 0 aliphatic rings. The molecule has 0 fully saturated rings. The van der Waals surface area contributed by atoms with Gasteiger partial charge in [-0.2, -0.15) is 12.6 Å². The van der Waals surface area contributed by atoms with Crippen molar-refractivity contribution in [3.05, 3.63) is 0 Å². The second-order valence-electron chi connectivity index (χ2n) is 1.43. The maximum atomic E-state index is 4.05. The number of unbranched alkanes of at least 4 members (excludes halogenated alkanes) is 2. The summed E-state index contributed by atoms with van der Waals surface area (Å²) in [6, 6.07) is 0. The minimum absolute atomic E-state index is 0. The second kappa shape index (κ2) is 9.76. The number of rotatable bonds is 3. The van der Waals surface area contributed by atoms with E-state index >= 15 is 0 Å². The third-order valence-corrected chi connectivity index (χ3v) is 1.08. The Morgan fingerprint density at radius 1 is 1.29 bits per heavy atom. The van der Waals surface area contributed by atoms with Gasteiger partial charge in [-0.05, 0) is 23.1 Å². The Balaban J connectivity index is 0. The topological polar surface area (TPSA) is 0 Å². The molecule has 0 radical (unpaired) electrons.